The summed E-state index contributed by atoms with van der Waals surface area (Å²) in [6, 6.07) is 18.9. The maximum Gasteiger partial charge on any atom is 0.475 e. The molecule has 0 unspecified atom stereocenters. The van der Waals surface area contributed by atoms with Crippen molar-refractivity contribution in [3.05, 3.63) is 105 Å². The quantitative estimate of drug-likeness (QED) is 0.391. The zero-order valence-electron chi connectivity index (χ0n) is 19.4. The largest absolute Gasteiger partial charge is 0.475 e. The zero-order chi connectivity index (χ0) is 25.8. The highest BCUT2D eigenvalue weighted by Gasteiger charge is 2.55. The van der Waals surface area contributed by atoms with Gasteiger partial charge in [0.2, 0.25) is 0 Å². The fourth-order valence-corrected chi connectivity index (χ4v) is 4.86. The summed E-state index contributed by atoms with van der Waals surface area (Å²) in [5.41, 5.74) is -2.57. The molecule has 12 heteroatoms. The van der Waals surface area contributed by atoms with Crippen molar-refractivity contribution in [2.75, 3.05) is 6.61 Å². The van der Waals surface area contributed by atoms with Crippen LogP contribution in [0.5, 0.6) is 0 Å². The SMILES string of the molecule is C[C@@]1(F)[C@H](O)[C@@H](COP(=O)(OCc2ccccc2)OCc2ccccc2)O[C@H]1n1ccc(=O)[nH]c1=O. The summed E-state index contributed by atoms with van der Waals surface area (Å²) in [4.78, 5) is 25.5. The lowest BCUT2D eigenvalue weighted by Crippen LogP contribution is -2.43. The number of aromatic amines is 1. The van der Waals surface area contributed by atoms with E-state index in [9.17, 15) is 19.3 Å². The minimum Gasteiger partial charge on any atom is -0.387 e. The molecule has 2 heterocycles. The van der Waals surface area contributed by atoms with E-state index < -0.39 is 49.8 Å². The number of hydrogen-bond donors (Lipinski definition) is 2. The van der Waals surface area contributed by atoms with Crippen molar-refractivity contribution < 1.29 is 32.4 Å². The van der Waals surface area contributed by atoms with Gasteiger partial charge in [0.1, 0.15) is 12.2 Å². The van der Waals surface area contributed by atoms with Gasteiger partial charge in [0.25, 0.3) is 5.56 Å². The molecule has 1 aliphatic rings. The lowest BCUT2D eigenvalue weighted by molar-refractivity contribution is -0.0623. The summed E-state index contributed by atoms with van der Waals surface area (Å²) in [6.45, 7) is 0.321. The Morgan fingerprint density at radius 3 is 2.08 bits per heavy atom. The topological polar surface area (TPSA) is 129 Å². The molecule has 10 nitrogen and oxygen atoms in total. The van der Waals surface area contributed by atoms with Crippen LogP contribution in [-0.2, 0) is 36.1 Å². The van der Waals surface area contributed by atoms with Crippen molar-refractivity contribution in [2.24, 2.45) is 0 Å². The van der Waals surface area contributed by atoms with Crippen LogP contribution in [0.3, 0.4) is 0 Å². The molecule has 1 aromatic heterocycles. The number of H-pyrrole nitrogens is 1. The molecule has 1 fully saturated rings. The molecule has 0 aliphatic carbocycles. The van der Waals surface area contributed by atoms with Gasteiger partial charge in [-0.2, -0.15) is 0 Å². The number of nitrogens with one attached hydrogen (secondary N) is 1. The van der Waals surface area contributed by atoms with E-state index in [1.54, 1.807) is 48.5 Å². The van der Waals surface area contributed by atoms with Crippen molar-refractivity contribution in [3.63, 3.8) is 0 Å². The zero-order valence-corrected chi connectivity index (χ0v) is 20.3. The van der Waals surface area contributed by atoms with Crippen molar-refractivity contribution in [1.82, 2.24) is 9.55 Å². The van der Waals surface area contributed by atoms with E-state index >= 15 is 4.39 Å². The molecule has 4 rings (SSSR count). The number of rotatable bonds is 10. The molecule has 36 heavy (non-hydrogen) atoms. The van der Waals surface area contributed by atoms with Crippen molar-refractivity contribution in [3.8, 4) is 0 Å². The van der Waals surface area contributed by atoms with Crippen molar-refractivity contribution >= 4 is 7.82 Å². The number of phosphoric ester groups is 1. The summed E-state index contributed by atoms with van der Waals surface area (Å²) in [6.07, 6.45) is -3.58. The number of halogens is 1. The van der Waals surface area contributed by atoms with Crippen LogP contribution >= 0.6 is 7.82 Å². The molecule has 2 N–H and O–H groups in total. The molecule has 3 aromatic rings. The second-order valence-corrected chi connectivity index (χ2v) is 10.1. The van der Waals surface area contributed by atoms with E-state index in [4.69, 9.17) is 18.3 Å². The third-order valence-electron chi connectivity index (χ3n) is 5.68. The first-order valence-electron chi connectivity index (χ1n) is 11.1. The van der Waals surface area contributed by atoms with Gasteiger partial charge in [-0.1, -0.05) is 60.7 Å². The number of phosphoric acid groups is 1. The molecule has 0 spiro atoms. The Kier molecular flexibility index (Phi) is 7.99. The molecule has 1 saturated heterocycles. The Balaban J connectivity index is 1.48. The Morgan fingerprint density at radius 2 is 1.56 bits per heavy atom. The van der Waals surface area contributed by atoms with Gasteiger partial charge in [-0.25, -0.2) is 13.8 Å². The molecule has 4 atom stereocenters. The van der Waals surface area contributed by atoms with Crippen LogP contribution in [-0.4, -0.2) is 39.1 Å². The fourth-order valence-electron chi connectivity index (χ4n) is 3.69. The number of aliphatic hydroxyl groups is 1. The second-order valence-electron chi connectivity index (χ2n) is 8.40. The number of ether oxygens (including phenoxy) is 1. The molecule has 1 aliphatic heterocycles. The number of alkyl halides is 1. The normalized spacial score (nSPS) is 24.1. The lowest BCUT2D eigenvalue weighted by atomic mass is 9.98. The van der Waals surface area contributed by atoms with Gasteiger partial charge >= 0.3 is 13.5 Å². The first kappa shape index (κ1) is 26.2. The summed E-state index contributed by atoms with van der Waals surface area (Å²) < 4.78 is 51.8. The van der Waals surface area contributed by atoms with E-state index in [2.05, 4.69) is 0 Å². The second kappa shape index (κ2) is 11.0. The van der Waals surface area contributed by atoms with E-state index in [0.717, 1.165) is 34.9 Å². The van der Waals surface area contributed by atoms with Crippen LogP contribution < -0.4 is 11.2 Å². The van der Waals surface area contributed by atoms with Crippen LogP contribution in [0, 0.1) is 0 Å². The maximum atomic E-state index is 15.4. The third-order valence-corrected chi connectivity index (χ3v) is 7.04. The Bertz CT molecular complexity index is 1270. The van der Waals surface area contributed by atoms with Crippen molar-refractivity contribution in [1.29, 1.82) is 0 Å². The highest BCUT2D eigenvalue weighted by Crippen LogP contribution is 2.52. The van der Waals surface area contributed by atoms with Gasteiger partial charge in [0.15, 0.2) is 11.9 Å². The third kappa shape index (κ3) is 6.07. The first-order chi connectivity index (χ1) is 17.2. The number of hydrogen-bond acceptors (Lipinski definition) is 8. The summed E-state index contributed by atoms with van der Waals surface area (Å²) in [7, 11) is -4.21. The van der Waals surface area contributed by atoms with Gasteiger partial charge in [0, 0.05) is 12.3 Å². The van der Waals surface area contributed by atoms with Crippen LogP contribution in [0.2, 0.25) is 0 Å². The van der Waals surface area contributed by atoms with Gasteiger partial charge in [-0.3, -0.25) is 27.9 Å². The predicted molar refractivity (Wildman–Crippen MR) is 127 cm³/mol. The summed E-state index contributed by atoms with van der Waals surface area (Å²) >= 11 is 0. The molecule has 2 aromatic carbocycles. The molecular formula is C24H26FN2O8P. The first-order valence-corrected chi connectivity index (χ1v) is 12.6. The van der Waals surface area contributed by atoms with Gasteiger partial charge in [0.05, 0.1) is 19.8 Å². The van der Waals surface area contributed by atoms with E-state index in [0.29, 0.717) is 0 Å². The minimum atomic E-state index is -4.21. The number of nitrogens with zero attached hydrogens (tertiary/aromatic N) is 1. The number of benzene rings is 2. The number of aromatic nitrogens is 2. The Labute approximate surface area is 205 Å². The standard InChI is InChI=1S/C24H26FN2O8P/c1-24(25)21(29)19(35-22(24)27-13-12-20(28)26-23(27)30)16-34-36(31,32-14-17-8-4-2-5-9-17)33-15-18-10-6-3-7-11-18/h2-13,19,21-22,29H,14-16H2,1H3,(H,26,28,30)/t19-,21-,22-,24-/m1/s1. The lowest BCUT2D eigenvalue weighted by Gasteiger charge is -2.24. The fraction of sp³-hybridized carbons (Fsp3) is 0.333. The van der Waals surface area contributed by atoms with Crippen LogP contribution in [0.15, 0.2) is 82.5 Å². The smallest absolute Gasteiger partial charge is 0.387 e. The van der Waals surface area contributed by atoms with E-state index in [-0.39, 0.29) is 13.2 Å². The molecule has 0 radical (unpaired) electrons. The molecular weight excluding hydrogens is 494 g/mol. The number of aliphatic hydroxyl groups excluding tert-OH is 1. The van der Waals surface area contributed by atoms with Gasteiger partial charge in [-0.15, -0.1) is 0 Å². The van der Waals surface area contributed by atoms with Crippen molar-refractivity contribution in [2.45, 2.75) is 44.2 Å². The molecule has 0 saturated carbocycles. The Hall–Kier alpha value is -2.92. The van der Waals surface area contributed by atoms with Crippen LogP contribution in [0.1, 0.15) is 24.3 Å². The molecule has 0 amide bonds. The maximum absolute atomic E-state index is 15.4. The predicted octanol–water partition coefficient (Wildman–Crippen LogP) is 3.08. The Morgan fingerprint density at radius 1 is 1.00 bits per heavy atom. The molecule has 0 bridgehead atoms. The van der Waals surface area contributed by atoms with Gasteiger partial charge in [-0.05, 0) is 18.1 Å². The highest BCUT2D eigenvalue weighted by molar-refractivity contribution is 7.48. The average molecular weight is 520 g/mol. The molecule has 192 valence electrons. The van der Waals surface area contributed by atoms with Crippen LogP contribution in [0.4, 0.5) is 4.39 Å². The average Bonchev–Trinajstić information content (AvgIpc) is 3.10. The minimum absolute atomic E-state index is 0.0861. The van der Waals surface area contributed by atoms with Crippen LogP contribution in [0.25, 0.3) is 0 Å². The van der Waals surface area contributed by atoms with Gasteiger partial charge < -0.3 is 9.84 Å². The highest BCUT2D eigenvalue weighted by atomic mass is 31.2. The van der Waals surface area contributed by atoms with E-state index in [1.165, 1.54) is 0 Å². The van der Waals surface area contributed by atoms with E-state index in [1.807, 2.05) is 17.1 Å². The monoisotopic (exact) mass is 520 g/mol. The summed E-state index contributed by atoms with van der Waals surface area (Å²) in [5, 5.41) is 10.6. The summed E-state index contributed by atoms with van der Waals surface area (Å²) in [5.74, 6) is 0.